The molecule has 3 heterocycles. The molecule has 1 aromatic heterocycles. The van der Waals surface area contributed by atoms with E-state index in [9.17, 15) is 10.2 Å². The van der Waals surface area contributed by atoms with E-state index in [1.54, 1.807) is 0 Å². The van der Waals surface area contributed by atoms with Gasteiger partial charge < -0.3 is 31.5 Å². The van der Waals surface area contributed by atoms with Crippen LogP contribution in [0.1, 0.15) is 51.2 Å². The maximum atomic E-state index is 11.0. The van der Waals surface area contributed by atoms with Gasteiger partial charge in [0.05, 0.1) is 17.1 Å². The Hall–Kier alpha value is -3.78. The van der Waals surface area contributed by atoms with Crippen LogP contribution in [0.15, 0.2) is 65.0 Å². The summed E-state index contributed by atoms with van der Waals surface area (Å²) < 4.78 is 0. The zero-order chi connectivity index (χ0) is 27.9. The second-order valence-corrected chi connectivity index (χ2v) is 10.6. The molecule has 3 aromatic rings. The first-order valence-corrected chi connectivity index (χ1v) is 13.9. The van der Waals surface area contributed by atoms with E-state index in [0.29, 0.717) is 63.9 Å². The number of aryl methyl sites for hydroxylation is 2. The Morgan fingerprint density at radius 3 is 1.65 bits per heavy atom. The van der Waals surface area contributed by atoms with Crippen molar-refractivity contribution in [2.45, 2.75) is 59.5 Å². The van der Waals surface area contributed by atoms with Crippen LogP contribution in [0.2, 0.25) is 0 Å². The summed E-state index contributed by atoms with van der Waals surface area (Å²) in [6.45, 7) is 8.61. The van der Waals surface area contributed by atoms with Crippen molar-refractivity contribution in [1.29, 1.82) is 0 Å². The quantitative estimate of drug-likeness (QED) is 0.242. The van der Waals surface area contributed by atoms with Crippen LogP contribution < -0.4 is 21.3 Å². The molecule has 2 aliphatic heterocycles. The first-order valence-electron chi connectivity index (χ1n) is 13.9. The van der Waals surface area contributed by atoms with E-state index in [2.05, 4.69) is 33.9 Å². The SMILES string of the molecule is Cc1cc2c(O)c(c1)CNCc1cccc(n1)CNCc1cc(C)cc(c1O)CNCC1=NC(=C=CC1)CNC2. The zero-order valence-corrected chi connectivity index (χ0v) is 23.3. The Bertz CT molecular complexity index is 1470. The second-order valence-electron chi connectivity index (χ2n) is 10.6. The lowest BCUT2D eigenvalue weighted by Crippen LogP contribution is -2.24. The van der Waals surface area contributed by atoms with Crippen LogP contribution in [-0.2, 0) is 39.3 Å². The zero-order valence-electron chi connectivity index (χ0n) is 23.3. The lowest BCUT2D eigenvalue weighted by Gasteiger charge is -2.15. The highest BCUT2D eigenvalue weighted by atomic mass is 16.3. The summed E-state index contributed by atoms with van der Waals surface area (Å²) in [5, 5.41) is 35.7. The average Bonchev–Trinajstić information content (AvgIpc) is 2.93. The first kappa shape index (κ1) is 27.8. The highest BCUT2D eigenvalue weighted by Crippen LogP contribution is 2.26. The molecule has 0 aliphatic carbocycles. The molecule has 0 radical (unpaired) electrons. The lowest BCUT2D eigenvalue weighted by atomic mass is 10.0. The third-order valence-corrected chi connectivity index (χ3v) is 7.08. The Kier molecular flexibility index (Phi) is 9.06. The summed E-state index contributed by atoms with van der Waals surface area (Å²) in [6, 6.07) is 14.1. The van der Waals surface area contributed by atoms with Crippen LogP contribution in [0.5, 0.6) is 11.5 Å². The van der Waals surface area contributed by atoms with Crippen molar-refractivity contribution in [3.63, 3.8) is 0 Å². The Balaban J connectivity index is 1.36. The number of aliphatic imine (C=N–C) groups is 1. The minimum absolute atomic E-state index is 0.314. The molecule has 8 bridgehead atoms. The van der Waals surface area contributed by atoms with Gasteiger partial charge in [-0.15, -0.1) is 5.73 Å². The standard InChI is InChI=1S/C32H38N6O2/c1-21-9-23-13-33-17-27-5-3-7-29(37-27)19-35-15-25-11-22(2)12-26(32(25)40)16-36-20-30-8-4-6-28(38-30)18-34-14-24(10-21)31(23)39/h3-5,7,9-12,33-36,39-40H,6,13-20H2,1-2H3. The fourth-order valence-electron chi connectivity index (χ4n) is 5.20. The van der Waals surface area contributed by atoms with E-state index in [-0.39, 0.29) is 0 Å². The van der Waals surface area contributed by atoms with E-state index < -0.39 is 0 Å². The monoisotopic (exact) mass is 538 g/mol. The fourth-order valence-corrected chi connectivity index (χ4v) is 5.20. The van der Waals surface area contributed by atoms with Crippen molar-refractivity contribution in [3.8, 4) is 11.5 Å². The topological polar surface area (TPSA) is 114 Å². The van der Waals surface area contributed by atoms with Gasteiger partial charge in [-0.25, -0.2) is 0 Å². The van der Waals surface area contributed by atoms with Crippen LogP contribution in [0.25, 0.3) is 0 Å². The number of benzene rings is 2. The summed E-state index contributed by atoms with van der Waals surface area (Å²) in [5.74, 6) is 0.636. The van der Waals surface area contributed by atoms with E-state index >= 15 is 0 Å². The normalized spacial score (nSPS) is 16.9. The van der Waals surface area contributed by atoms with E-state index in [4.69, 9.17) is 9.98 Å². The van der Waals surface area contributed by atoms with Gasteiger partial charge in [0, 0.05) is 86.7 Å². The largest absolute Gasteiger partial charge is 0.507 e. The number of hydrogen-bond donors (Lipinski definition) is 6. The summed E-state index contributed by atoms with van der Waals surface area (Å²) in [4.78, 5) is 9.57. The first-order chi connectivity index (χ1) is 19.4. The van der Waals surface area contributed by atoms with Gasteiger partial charge in [-0.1, -0.05) is 41.5 Å². The minimum Gasteiger partial charge on any atom is -0.507 e. The summed E-state index contributed by atoms with van der Waals surface area (Å²) in [6.07, 6.45) is 2.76. The number of hydrogen-bond acceptors (Lipinski definition) is 8. The van der Waals surface area contributed by atoms with Crippen molar-refractivity contribution in [1.82, 2.24) is 26.3 Å². The number of phenolic OH excluding ortho intramolecular Hbond substituents is 2. The molecule has 208 valence electrons. The van der Waals surface area contributed by atoms with Gasteiger partial charge in [-0.3, -0.25) is 9.98 Å². The number of nitrogens with zero attached hydrogens (tertiary/aromatic N) is 2. The number of nitrogens with one attached hydrogen (secondary N) is 4. The molecule has 0 amide bonds. The number of aromatic hydroxyl groups is 2. The average molecular weight is 539 g/mol. The van der Waals surface area contributed by atoms with Gasteiger partial charge in [0.25, 0.3) is 0 Å². The smallest absolute Gasteiger partial charge is 0.124 e. The molecule has 8 nitrogen and oxygen atoms in total. The summed E-state index contributed by atoms with van der Waals surface area (Å²) in [7, 11) is 0. The van der Waals surface area contributed by atoms with Gasteiger partial charge >= 0.3 is 0 Å². The number of fused-ring (bicyclic) bond motifs is 7. The predicted octanol–water partition coefficient (Wildman–Crippen LogP) is 3.77. The van der Waals surface area contributed by atoms with E-state index in [1.807, 2.05) is 55.5 Å². The van der Waals surface area contributed by atoms with Gasteiger partial charge in [0.1, 0.15) is 11.5 Å². The molecule has 0 fully saturated rings. The highest BCUT2D eigenvalue weighted by molar-refractivity contribution is 5.89. The second kappa shape index (κ2) is 13.0. The molecule has 5 rings (SSSR count). The summed E-state index contributed by atoms with van der Waals surface area (Å²) in [5.41, 5.74) is 12.7. The van der Waals surface area contributed by atoms with Gasteiger partial charge in [-0.05, 0) is 32.1 Å². The van der Waals surface area contributed by atoms with Gasteiger partial charge in [-0.2, -0.15) is 0 Å². The molecular formula is C32H38N6O2. The maximum Gasteiger partial charge on any atom is 0.124 e. The molecule has 0 atom stereocenters. The molecule has 8 heteroatoms. The van der Waals surface area contributed by atoms with Crippen LogP contribution in [0.4, 0.5) is 0 Å². The molecule has 0 unspecified atom stereocenters. The molecular weight excluding hydrogens is 500 g/mol. The molecule has 0 spiro atoms. The number of phenols is 2. The van der Waals surface area contributed by atoms with Crippen molar-refractivity contribution >= 4 is 5.71 Å². The Morgan fingerprint density at radius 1 is 0.650 bits per heavy atom. The van der Waals surface area contributed by atoms with Crippen LogP contribution in [0.3, 0.4) is 0 Å². The van der Waals surface area contributed by atoms with E-state index in [0.717, 1.165) is 62.6 Å². The molecule has 2 aromatic carbocycles. The van der Waals surface area contributed by atoms with Crippen molar-refractivity contribution < 1.29 is 10.2 Å². The molecule has 6 N–H and O–H groups in total. The third kappa shape index (κ3) is 7.24. The van der Waals surface area contributed by atoms with Crippen LogP contribution >= 0.6 is 0 Å². The van der Waals surface area contributed by atoms with Crippen LogP contribution in [-0.4, -0.2) is 34.0 Å². The molecule has 0 saturated carbocycles. The van der Waals surface area contributed by atoms with Crippen molar-refractivity contribution in [2.75, 3.05) is 13.1 Å². The third-order valence-electron chi connectivity index (χ3n) is 7.08. The van der Waals surface area contributed by atoms with E-state index in [1.165, 1.54) is 0 Å². The number of aromatic nitrogens is 1. The number of rotatable bonds is 0. The highest BCUT2D eigenvalue weighted by Gasteiger charge is 2.12. The molecule has 0 saturated heterocycles. The number of pyridine rings is 1. The maximum absolute atomic E-state index is 11.0. The lowest BCUT2D eigenvalue weighted by molar-refractivity contribution is 0.454. The van der Waals surface area contributed by atoms with Gasteiger partial charge in [0.15, 0.2) is 0 Å². The predicted molar refractivity (Wildman–Crippen MR) is 158 cm³/mol. The van der Waals surface area contributed by atoms with Crippen molar-refractivity contribution in [2.24, 2.45) is 4.99 Å². The molecule has 2 aliphatic rings. The fraction of sp³-hybridized carbons (Fsp3) is 0.344. The van der Waals surface area contributed by atoms with Gasteiger partial charge in [0.2, 0.25) is 0 Å². The van der Waals surface area contributed by atoms with Crippen LogP contribution in [0, 0.1) is 13.8 Å². The van der Waals surface area contributed by atoms with Crippen molar-refractivity contribution in [3.05, 3.63) is 105 Å². The Labute approximate surface area is 236 Å². The molecule has 40 heavy (non-hydrogen) atoms. The Morgan fingerprint density at radius 2 is 1.12 bits per heavy atom. The summed E-state index contributed by atoms with van der Waals surface area (Å²) >= 11 is 0. The minimum atomic E-state index is 0.314.